The molecule has 0 aliphatic carbocycles. The molecule has 1 aliphatic rings. The Hall–Kier alpha value is -3.94. The number of anilines is 1. The summed E-state index contributed by atoms with van der Waals surface area (Å²) >= 11 is 0. The molecule has 1 unspecified atom stereocenters. The number of nitrogens with zero attached hydrogens (tertiary/aromatic N) is 3. The Bertz CT molecular complexity index is 1320. The molecule has 32 heavy (non-hydrogen) atoms. The number of aromatic amines is 1. The molecule has 7 nitrogen and oxygen atoms in total. The van der Waals surface area contributed by atoms with Crippen LogP contribution in [0, 0.1) is 5.82 Å². The molecule has 2 amide bonds. The Balaban J connectivity index is 1.39. The van der Waals surface area contributed by atoms with Crippen molar-refractivity contribution in [3.05, 3.63) is 83.6 Å². The number of rotatable bonds is 4. The van der Waals surface area contributed by atoms with E-state index in [1.165, 1.54) is 12.1 Å². The topological polar surface area (TPSA) is 83.0 Å². The lowest BCUT2D eigenvalue weighted by Gasteiger charge is -2.31. The number of aromatic nitrogens is 3. The van der Waals surface area contributed by atoms with Gasteiger partial charge in [-0.2, -0.15) is 5.10 Å². The molecule has 0 spiro atoms. The Kier molecular flexibility index (Phi) is 4.97. The van der Waals surface area contributed by atoms with Crippen LogP contribution >= 0.6 is 0 Å². The van der Waals surface area contributed by atoms with Crippen molar-refractivity contribution < 1.29 is 14.0 Å². The molecule has 3 heterocycles. The predicted molar refractivity (Wildman–Crippen MR) is 118 cm³/mol. The standard InChI is InChI=1S/C24H22FN5O2/c1-29-12-16-13-30(22(31)10-15-11-26-20-8-4-2-6-17(15)20)14-18(23(16)28-29)24(32)27-21-9-5-3-7-19(21)25/h2-9,11-12,18,26H,10,13-14H2,1H3,(H,27,32). The lowest BCUT2D eigenvalue weighted by atomic mass is 9.95. The van der Waals surface area contributed by atoms with Gasteiger partial charge in [0, 0.05) is 49.0 Å². The fourth-order valence-electron chi connectivity index (χ4n) is 4.28. The summed E-state index contributed by atoms with van der Waals surface area (Å²) in [6, 6.07) is 13.9. The van der Waals surface area contributed by atoms with E-state index in [1.54, 1.807) is 28.8 Å². The predicted octanol–water partition coefficient (Wildman–Crippen LogP) is 3.35. The summed E-state index contributed by atoms with van der Waals surface area (Å²) in [5.74, 6) is -1.66. The molecule has 1 aliphatic heterocycles. The Morgan fingerprint density at radius 1 is 1.19 bits per heavy atom. The molecule has 5 rings (SSSR count). The van der Waals surface area contributed by atoms with Crippen LogP contribution in [0.15, 0.2) is 60.9 Å². The number of para-hydroxylation sites is 2. The maximum atomic E-state index is 14.1. The maximum absolute atomic E-state index is 14.1. The number of benzene rings is 2. The third kappa shape index (κ3) is 3.64. The first-order chi connectivity index (χ1) is 15.5. The molecule has 2 aromatic carbocycles. The van der Waals surface area contributed by atoms with E-state index in [2.05, 4.69) is 15.4 Å². The number of amides is 2. The molecule has 2 aromatic heterocycles. The smallest absolute Gasteiger partial charge is 0.235 e. The number of aryl methyl sites for hydroxylation is 1. The average Bonchev–Trinajstić information content (AvgIpc) is 3.37. The average molecular weight is 431 g/mol. The van der Waals surface area contributed by atoms with E-state index in [9.17, 15) is 14.0 Å². The van der Waals surface area contributed by atoms with Gasteiger partial charge in [0.1, 0.15) is 11.7 Å². The van der Waals surface area contributed by atoms with Gasteiger partial charge in [0.2, 0.25) is 11.8 Å². The lowest BCUT2D eigenvalue weighted by Crippen LogP contribution is -2.42. The second-order valence-electron chi connectivity index (χ2n) is 8.05. The first-order valence-electron chi connectivity index (χ1n) is 10.4. The van der Waals surface area contributed by atoms with Crippen LogP contribution in [0.5, 0.6) is 0 Å². The molecule has 4 aromatic rings. The van der Waals surface area contributed by atoms with E-state index in [-0.39, 0.29) is 30.5 Å². The number of nitrogens with one attached hydrogen (secondary N) is 2. The van der Waals surface area contributed by atoms with Gasteiger partial charge < -0.3 is 15.2 Å². The first kappa shape index (κ1) is 20.0. The molecule has 2 N–H and O–H groups in total. The highest BCUT2D eigenvalue weighted by Crippen LogP contribution is 2.29. The zero-order valence-corrected chi connectivity index (χ0v) is 17.5. The Morgan fingerprint density at radius 2 is 1.97 bits per heavy atom. The van der Waals surface area contributed by atoms with Crippen molar-refractivity contribution in [2.45, 2.75) is 18.9 Å². The highest BCUT2D eigenvalue weighted by Gasteiger charge is 2.35. The van der Waals surface area contributed by atoms with Crippen LogP contribution in [0.2, 0.25) is 0 Å². The molecule has 0 saturated carbocycles. The van der Waals surface area contributed by atoms with Crippen molar-refractivity contribution in [1.29, 1.82) is 0 Å². The van der Waals surface area contributed by atoms with Crippen molar-refractivity contribution in [1.82, 2.24) is 19.7 Å². The zero-order valence-electron chi connectivity index (χ0n) is 17.5. The molecule has 0 radical (unpaired) electrons. The van der Waals surface area contributed by atoms with Gasteiger partial charge in [-0.15, -0.1) is 0 Å². The molecule has 0 bridgehead atoms. The second kappa shape index (κ2) is 7.96. The SMILES string of the molecule is Cn1cc2c(n1)C(C(=O)Nc1ccccc1F)CN(C(=O)Cc1c[nH]c3ccccc13)C2. The van der Waals surface area contributed by atoms with E-state index in [0.29, 0.717) is 12.2 Å². The van der Waals surface area contributed by atoms with Crippen molar-refractivity contribution in [2.24, 2.45) is 7.05 Å². The lowest BCUT2D eigenvalue weighted by molar-refractivity contribution is -0.132. The number of carbonyl (C=O) groups excluding carboxylic acids is 2. The van der Waals surface area contributed by atoms with Gasteiger partial charge in [-0.1, -0.05) is 30.3 Å². The van der Waals surface area contributed by atoms with Gasteiger partial charge in [-0.25, -0.2) is 4.39 Å². The van der Waals surface area contributed by atoms with Crippen LogP contribution in [0.25, 0.3) is 10.9 Å². The molecule has 1 atom stereocenters. The van der Waals surface area contributed by atoms with E-state index in [4.69, 9.17) is 0 Å². The van der Waals surface area contributed by atoms with Gasteiger partial charge >= 0.3 is 0 Å². The second-order valence-corrected chi connectivity index (χ2v) is 8.05. The monoisotopic (exact) mass is 431 g/mol. The van der Waals surface area contributed by atoms with E-state index in [0.717, 1.165) is 22.0 Å². The molecule has 162 valence electrons. The minimum atomic E-state index is -0.688. The van der Waals surface area contributed by atoms with Gasteiger partial charge in [0.25, 0.3) is 0 Å². The zero-order chi connectivity index (χ0) is 22.2. The molecule has 8 heteroatoms. The minimum absolute atomic E-state index is 0.0760. The normalized spacial score (nSPS) is 15.6. The van der Waals surface area contributed by atoms with E-state index >= 15 is 0 Å². The third-order valence-electron chi connectivity index (χ3n) is 5.85. The van der Waals surface area contributed by atoms with Crippen molar-refractivity contribution in [3.8, 4) is 0 Å². The first-order valence-corrected chi connectivity index (χ1v) is 10.4. The van der Waals surface area contributed by atoms with Crippen LogP contribution in [0.3, 0.4) is 0 Å². The van der Waals surface area contributed by atoms with Crippen molar-refractivity contribution in [3.63, 3.8) is 0 Å². The number of H-pyrrole nitrogens is 1. The molecular weight excluding hydrogens is 409 g/mol. The fraction of sp³-hybridized carbons (Fsp3) is 0.208. The number of halogens is 1. The highest BCUT2D eigenvalue weighted by atomic mass is 19.1. The number of hydrogen-bond donors (Lipinski definition) is 2. The number of hydrogen-bond acceptors (Lipinski definition) is 3. The van der Waals surface area contributed by atoms with Gasteiger partial charge in [0.05, 0.1) is 17.8 Å². The summed E-state index contributed by atoms with van der Waals surface area (Å²) in [5.41, 5.74) is 3.44. The Labute approximate surface area is 183 Å². The molecule has 0 saturated heterocycles. The summed E-state index contributed by atoms with van der Waals surface area (Å²) in [6.07, 6.45) is 3.90. The van der Waals surface area contributed by atoms with Crippen molar-refractivity contribution >= 4 is 28.4 Å². The summed E-state index contributed by atoms with van der Waals surface area (Å²) < 4.78 is 15.7. The highest BCUT2D eigenvalue weighted by molar-refractivity contribution is 5.97. The summed E-state index contributed by atoms with van der Waals surface area (Å²) in [5, 5.41) is 8.11. The van der Waals surface area contributed by atoms with E-state index in [1.807, 2.05) is 36.7 Å². The number of fused-ring (bicyclic) bond motifs is 2. The van der Waals surface area contributed by atoms with Crippen LogP contribution in [0.1, 0.15) is 22.7 Å². The fourth-order valence-corrected chi connectivity index (χ4v) is 4.28. The minimum Gasteiger partial charge on any atom is -0.361 e. The van der Waals surface area contributed by atoms with Gasteiger partial charge in [-0.05, 0) is 23.8 Å². The van der Waals surface area contributed by atoms with E-state index < -0.39 is 11.7 Å². The van der Waals surface area contributed by atoms with Crippen LogP contribution in [0.4, 0.5) is 10.1 Å². The van der Waals surface area contributed by atoms with Crippen molar-refractivity contribution in [2.75, 3.05) is 11.9 Å². The van der Waals surface area contributed by atoms with Crippen LogP contribution in [-0.4, -0.2) is 38.0 Å². The largest absolute Gasteiger partial charge is 0.361 e. The summed E-state index contributed by atoms with van der Waals surface area (Å²) in [6.45, 7) is 0.569. The quantitative estimate of drug-likeness (QED) is 0.520. The van der Waals surface area contributed by atoms with Crippen LogP contribution in [-0.2, 0) is 29.6 Å². The molecular formula is C24H22FN5O2. The van der Waals surface area contributed by atoms with Gasteiger partial charge in [-0.3, -0.25) is 14.3 Å². The third-order valence-corrected chi connectivity index (χ3v) is 5.85. The van der Waals surface area contributed by atoms with Gasteiger partial charge in [0.15, 0.2) is 0 Å². The molecule has 0 fully saturated rings. The maximum Gasteiger partial charge on any atom is 0.235 e. The van der Waals surface area contributed by atoms with Crippen LogP contribution < -0.4 is 5.32 Å². The summed E-state index contributed by atoms with van der Waals surface area (Å²) in [4.78, 5) is 31.2. The summed E-state index contributed by atoms with van der Waals surface area (Å²) in [7, 11) is 1.78. The Morgan fingerprint density at radius 3 is 2.81 bits per heavy atom. The number of carbonyl (C=O) groups is 2.